The summed E-state index contributed by atoms with van der Waals surface area (Å²) in [7, 11) is 2.16. The maximum Gasteiger partial charge on any atom is 0.0534 e. The first-order chi connectivity index (χ1) is 15.3. The Morgan fingerprint density at radius 1 is 0.871 bits per heavy atom. The van der Waals surface area contributed by atoms with Crippen molar-refractivity contribution in [2.24, 2.45) is 0 Å². The number of para-hydroxylation sites is 1. The zero-order valence-corrected chi connectivity index (χ0v) is 18.5. The minimum atomic E-state index is 0.973. The van der Waals surface area contributed by atoms with Gasteiger partial charge in [-0.3, -0.25) is 0 Å². The highest BCUT2D eigenvalue weighted by atomic mass is 15.1. The van der Waals surface area contributed by atoms with E-state index in [0.717, 1.165) is 19.5 Å². The van der Waals surface area contributed by atoms with Crippen LogP contribution in [0.25, 0.3) is 27.7 Å². The molecule has 0 radical (unpaired) electrons. The van der Waals surface area contributed by atoms with Crippen molar-refractivity contribution in [3.05, 3.63) is 103 Å². The van der Waals surface area contributed by atoms with Gasteiger partial charge in [-0.2, -0.15) is 0 Å². The standard InChI is InChI=1S/C29H32N2/c1-3-20-30(2)21-11-5-6-12-24-17-18-28-26(23-24)19-22-31(28)29-16-10-9-15-27(29)25-13-7-4-8-14-25/h3-4,7-10,13-19,22-23H,1,5-6,11-12,20-21H2,2H3. The first-order valence-corrected chi connectivity index (χ1v) is 11.3. The van der Waals surface area contributed by atoms with Gasteiger partial charge in [-0.05, 0) is 68.2 Å². The van der Waals surface area contributed by atoms with Gasteiger partial charge in [0, 0.05) is 23.7 Å². The van der Waals surface area contributed by atoms with E-state index in [2.05, 4.69) is 108 Å². The van der Waals surface area contributed by atoms with Gasteiger partial charge in [0.05, 0.1) is 11.2 Å². The molecule has 0 aliphatic heterocycles. The van der Waals surface area contributed by atoms with Gasteiger partial charge in [-0.15, -0.1) is 6.58 Å². The maximum atomic E-state index is 3.81. The van der Waals surface area contributed by atoms with Crippen LogP contribution < -0.4 is 0 Å². The van der Waals surface area contributed by atoms with E-state index in [-0.39, 0.29) is 0 Å². The molecule has 0 fully saturated rings. The number of rotatable bonds is 10. The topological polar surface area (TPSA) is 8.17 Å². The van der Waals surface area contributed by atoms with Crippen molar-refractivity contribution < 1.29 is 0 Å². The minimum Gasteiger partial charge on any atom is -0.316 e. The average Bonchev–Trinajstić information content (AvgIpc) is 3.23. The lowest BCUT2D eigenvalue weighted by molar-refractivity contribution is 0.358. The van der Waals surface area contributed by atoms with Crippen LogP contribution in [0.15, 0.2) is 97.7 Å². The Morgan fingerprint density at radius 3 is 2.52 bits per heavy atom. The summed E-state index contributed by atoms with van der Waals surface area (Å²) < 4.78 is 2.32. The van der Waals surface area contributed by atoms with E-state index in [4.69, 9.17) is 0 Å². The molecule has 0 amide bonds. The quantitative estimate of drug-likeness (QED) is 0.200. The third-order valence-electron chi connectivity index (χ3n) is 5.95. The van der Waals surface area contributed by atoms with Gasteiger partial charge in [0.1, 0.15) is 0 Å². The van der Waals surface area contributed by atoms with Crippen LogP contribution in [-0.2, 0) is 6.42 Å². The van der Waals surface area contributed by atoms with Crippen molar-refractivity contribution in [1.82, 2.24) is 9.47 Å². The van der Waals surface area contributed by atoms with Gasteiger partial charge in [0.2, 0.25) is 0 Å². The van der Waals surface area contributed by atoms with Crippen LogP contribution in [0.2, 0.25) is 0 Å². The molecule has 2 nitrogen and oxygen atoms in total. The Morgan fingerprint density at radius 2 is 1.68 bits per heavy atom. The van der Waals surface area contributed by atoms with Crippen molar-refractivity contribution in [3.8, 4) is 16.8 Å². The second-order valence-electron chi connectivity index (χ2n) is 8.32. The molecule has 0 atom stereocenters. The van der Waals surface area contributed by atoms with Crippen molar-refractivity contribution >= 4 is 10.9 Å². The van der Waals surface area contributed by atoms with Gasteiger partial charge in [0.15, 0.2) is 0 Å². The smallest absolute Gasteiger partial charge is 0.0534 e. The third kappa shape index (κ3) is 5.15. The molecule has 0 saturated heterocycles. The van der Waals surface area contributed by atoms with Crippen LogP contribution in [0, 0.1) is 0 Å². The highest BCUT2D eigenvalue weighted by Crippen LogP contribution is 2.30. The van der Waals surface area contributed by atoms with Crippen LogP contribution in [0.5, 0.6) is 0 Å². The van der Waals surface area contributed by atoms with E-state index < -0.39 is 0 Å². The normalized spacial score (nSPS) is 11.3. The molecule has 31 heavy (non-hydrogen) atoms. The van der Waals surface area contributed by atoms with Crippen molar-refractivity contribution in [2.45, 2.75) is 25.7 Å². The zero-order chi connectivity index (χ0) is 21.5. The van der Waals surface area contributed by atoms with Crippen LogP contribution in [0.1, 0.15) is 24.8 Å². The molecule has 0 bridgehead atoms. The van der Waals surface area contributed by atoms with Crippen LogP contribution in [0.4, 0.5) is 0 Å². The minimum absolute atomic E-state index is 0.973. The predicted molar refractivity (Wildman–Crippen MR) is 134 cm³/mol. The number of nitrogens with zero attached hydrogens (tertiary/aromatic N) is 2. The fraction of sp³-hybridized carbons (Fsp3) is 0.241. The molecule has 4 rings (SSSR count). The molecule has 3 aromatic carbocycles. The largest absolute Gasteiger partial charge is 0.316 e. The number of likely N-dealkylation sites (N-methyl/N-ethyl adjacent to an activating group) is 1. The molecular weight excluding hydrogens is 376 g/mol. The van der Waals surface area contributed by atoms with Gasteiger partial charge >= 0.3 is 0 Å². The number of aryl methyl sites for hydroxylation is 1. The number of aromatic nitrogens is 1. The molecule has 0 aliphatic rings. The summed E-state index contributed by atoms with van der Waals surface area (Å²) in [6.45, 7) is 5.93. The number of hydrogen-bond acceptors (Lipinski definition) is 1. The second kappa shape index (κ2) is 10.3. The summed E-state index contributed by atoms with van der Waals surface area (Å²) in [6, 6.07) is 28.5. The lowest BCUT2D eigenvalue weighted by Gasteiger charge is -2.13. The van der Waals surface area contributed by atoms with E-state index in [1.165, 1.54) is 52.5 Å². The fourth-order valence-corrected chi connectivity index (χ4v) is 4.30. The molecule has 0 unspecified atom stereocenters. The Labute approximate surface area is 186 Å². The molecule has 1 heterocycles. The summed E-state index contributed by atoms with van der Waals surface area (Å²) in [4.78, 5) is 2.33. The summed E-state index contributed by atoms with van der Waals surface area (Å²) in [5, 5.41) is 1.31. The Hall–Kier alpha value is -3.10. The summed E-state index contributed by atoms with van der Waals surface area (Å²) >= 11 is 0. The Balaban J connectivity index is 1.47. The zero-order valence-electron chi connectivity index (χ0n) is 18.5. The first-order valence-electron chi connectivity index (χ1n) is 11.3. The van der Waals surface area contributed by atoms with Gasteiger partial charge < -0.3 is 9.47 Å². The predicted octanol–water partition coefficient (Wildman–Crippen LogP) is 7.13. The highest BCUT2D eigenvalue weighted by molar-refractivity contribution is 5.85. The number of benzene rings is 3. The van der Waals surface area contributed by atoms with E-state index in [0.29, 0.717) is 0 Å². The van der Waals surface area contributed by atoms with Crippen LogP contribution in [-0.4, -0.2) is 29.6 Å². The maximum absolute atomic E-state index is 3.81. The number of unbranched alkanes of at least 4 members (excludes halogenated alkanes) is 2. The van der Waals surface area contributed by atoms with Crippen LogP contribution >= 0.6 is 0 Å². The van der Waals surface area contributed by atoms with E-state index in [1.54, 1.807) is 0 Å². The fourth-order valence-electron chi connectivity index (χ4n) is 4.30. The van der Waals surface area contributed by atoms with Gasteiger partial charge in [-0.1, -0.05) is 67.1 Å². The third-order valence-corrected chi connectivity index (χ3v) is 5.95. The van der Waals surface area contributed by atoms with E-state index >= 15 is 0 Å². The highest BCUT2D eigenvalue weighted by Gasteiger charge is 2.09. The Bertz CT molecular complexity index is 1120. The molecular formula is C29H32N2. The van der Waals surface area contributed by atoms with Gasteiger partial charge in [0.25, 0.3) is 0 Å². The van der Waals surface area contributed by atoms with Crippen molar-refractivity contribution in [2.75, 3.05) is 20.1 Å². The molecule has 0 spiro atoms. The monoisotopic (exact) mass is 408 g/mol. The second-order valence-corrected chi connectivity index (χ2v) is 8.32. The van der Waals surface area contributed by atoms with Crippen LogP contribution in [0.3, 0.4) is 0 Å². The lowest BCUT2D eigenvalue weighted by Crippen LogP contribution is -2.19. The molecule has 0 aliphatic carbocycles. The SMILES string of the molecule is C=CCN(C)CCCCCc1ccc2c(ccn2-c2ccccc2-c2ccccc2)c1. The van der Waals surface area contributed by atoms with Gasteiger partial charge in [-0.25, -0.2) is 0 Å². The molecule has 1 aromatic heterocycles. The summed E-state index contributed by atoms with van der Waals surface area (Å²) in [6.07, 6.45) is 9.08. The van der Waals surface area contributed by atoms with Crippen molar-refractivity contribution in [1.29, 1.82) is 0 Å². The molecule has 0 saturated carbocycles. The first kappa shape index (κ1) is 21.1. The van der Waals surface area contributed by atoms with Crippen molar-refractivity contribution in [3.63, 3.8) is 0 Å². The lowest BCUT2D eigenvalue weighted by atomic mass is 10.0. The van der Waals surface area contributed by atoms with E-state index in [9.17, 15) is 0 Å². The van der Waals surface area contributed by atoms with E-state index in [1.807, 2.05) is 6.08 Å². The molecule has 2 heteroatoms. The average molecular weight is 409 g/mol. The molecule has 158 valence electrons. The number of fused-ring (bicyclic) bond motifs is 1. The molecule has 0 N–H and O–H groups in total. The summed E-state index contributed by atoms with van der Waals surface area (Å²) in [5.41, 5.74) is 6.42. The summed E-state index contributed by atoms with van der Waals surface area (Å²) in [5.74, 6) is 0. The Kier molecular flexibility index (Phi) is 7.01. The number of hydrogen-bond donors (Lipinski definition) is 0. The molecule has 4 aromatic rings.